The van der Waals surface area contributed by atoms with Crippen LogP contribution in [0.15, 0.2) is 215 Å². The maximum atomic E-state index is 7.22. The summed E-state index contributed by atoms with van der Waals surface area (Å²) in [5.41, 5.74) is 20.7. The Kier molecular flexibility index (Phi) is 7.29. The molecule has 5 heterocycles. The molecule has 0 bridgehead atoms. The van der Waals surface area contributed by atoms with Crippen LogP contribution in [0.1, 0.15) is 24.5 Å². The van der Waals surface area contributed by atoms with Crippen LogP contribution in [0.25, 0.3) is 71.9 Å². The Bertz CT molecular complexity index is 4220. The molecule has 6 heteroatoms. The van der Waals surface area contributed by atoms with Crippen LogP contribution < -0.4 is 31.1 Å². The fourth-order valence-corrected chi connectivity index (χ4v) is 12.9. The number of rotatable bonds is 4. The molecule has 10 aromatic carbocycles. The second kappa shape index (κ2) is 13.5. The van der Waals surface area contributed by atoms with Crippen molar-refractivity contribution in [3.63, 3.8) is 0 Å². The van der Waals surface area contributed by atoms with Gasteiger partial charge in [-0.2, -0.15) is 0 Å². The third-order valence-corrected chi connectivity index (χ3v) is 15.7. The van der Waals surface area contributed by atoms with Gasteiger partial charge in [-0.15, -0.1) is 0 Å². The first-order valence-corrected chi connectivity index (χ1v) is 24.0. The van der Waals surface area contributed by atoms with Gasteiger partial charge >= 0.3 is 0 Å². The van der Waals surface area contributed by atoms with Crippen molar-refractivity contribution in [1.82, 2.24) is 0 Å². The Hall–Kier alpha value is -8.74. The molecule has 0 saturated heterocycles. The van der Waals surface area contributed by atoms with Gasteiger partial charge < -0.3 is 23.5 Å². The first-order chi connectivity index (χ1) is 34.1. The minimum atomic E-state index is -0.523. The lowest BCUT2D eigenvalue weighted by Crippen LogP contribution is -2.66. The minimum absolute atomic E-state index is 0.175. The van der Waals surface area contributed by atoms with Crippen LogP contribution in [-0.2, 0) is 5.54 Å². The molecule has 0 saturated carbocycles. The van der Waals surface area contributed by atoms with Crippen molar-refractivity contribution in [3.8, 4) is 11.1 Å². The number of fused-ring (bicyclic) bond motifs is 10. The van der Waals surface area contributed by atoms with Gasteiger partial charge in [-0.3, -0.25) is 0 Å². The molecule has 1 unspecified atom stereocenters. The van der Waals surface area contributed by atoms with E-state index in [4.69, 9.17) is 8.83 Å². The lowest BCUT2D eigenvalue weighted by molar-refractivity contribution is 0.485. The van der Waals surface area contributed by atoms with Gasteiger partial charge in [0, 0.05) is 56.0 Å². The zero-order valence-corrected chi connectivity index (χ0v) is 37.6. The number of anilines is 8. The molecular weight excluding hydrogens is 842 g/mol. The fourth-order valence-electron chi connectivity index (χ4n) is 12.9. The van der Waals surface area contributed by atoms with Crippen LogP contribution in [0.4, 0.5) is 45.5 Å². The number of hydrogen-bond acceptors (Lipinski definition) is 5. The summed E-state index contributed by atoms with van der Waals surface area (Å²) in [5, 5.41) is 6.80. The van der Waals surface area contributed by atoms with Gasteiger partial charge in [-0.25, -0.2) is 0 Å². The summed E-state index contributed by atoms with van der Waals surface area (Å²) >= 11 is 0. The first kappa shape index (κ1) is 37.4. The van der Waals surface area contributed by atoms with Crippen LogP contribution in [0, 0.1) is 0 Å². The highest BCUT2D eigenvalue weighted by Crippen LogP contribution is 2.58. The Morgan fingerprint density at radius 3 is 1.97 bits per heavy atom. The topological polar surface area (TPSA) is 36.0 Å². The van der Waals surface area contributed by atoms with Gasteiger partial charge in [0.2, 0.25) is 0 Å². The highest BCUT2D eigenvalue weighted by molar-refractivity contribution is 7.03. The molecule has 1 atom stereocenters. The summed E-state index contributed by atoms with van der Waals surface area (Å²) < 4.78 is 14.3. The summed E-state index contributed by atoms with van der Waals surface area (Å²) in [5.74, 6) is 0. The molecule has 3 aliphatic heterocycles. The van der Waals surface area contributed by atoms with Crippen molar-refractivity contribution in [2.45, 2.75) is 18.9 Å². The SMILES string of the molecule is CC1(N2c3cc(-c4ccccc4)cc4c3B3c5c(cc6c(oc7ccccc76)c5N(c5ccccc5)c5cc6oc7ccccc7c6c2c53)N4c2cccc3ccccc23)CC=Cc2ccccc21. The van der Waals surface area contributed by atoms with Gasteiger partial charge in [0.05, 0.1) is 28.0 Å². The lowest BCUT2D eigenvalue weighted by atomic mass is 9.31. The monoisotopic (exact) mass is 881 g/mol. The maximum Gasteiger partial charge on any atom is 0.257 e. The molecule has 4 aliphatic rings. The van der Waals surface area contributed by atoms with Crippen molar-refractivity contribution in [3.05, 3.63) is 217 Å². The van der Waals surface area contributed by atoms with E-state index >= 15 is 0 Å². The first-order valence-electron chi connectivity index (χ1n) is 24.0. The normalized spacial score (nSPS) is 16.3. The Morgan fingerprint density at radius 2 is 1.12 bits per heavy atom. The molecule has 2 aromatic heterocycles. The molecule has 16 rings (SSSR count). The summed E-state index contributed by atoms with van der Waals surface area (Å²) in [6.45, 7) is 2.29. The average Bonchev–Trinajstić information content (AvgIpc) is 3.97. The smallest absolute Gasteiger partial charge is 0.257 e. The van der Waals surface area contributed by atoms with Crippen LogP contribution in [-0.4, -0.2) is 6.71 Å². The molecular formula is C63H40BN3O2. The van der Waals surface area contributed by atoms with E-state index in [2.05, 4.69) is 234 Å². The lowest BCUT2D eigenvalue weighted by Gasteiger charge is -2.54. The predicted molar refractivity (Wildman–Crippen MR) is 288 cm³/mol. The molecule has 0 spiro atoms. The minimum Gasteiger partial charge on any atom is -0.456 e. The average molecular weight is 882 g/mol. The maximum absolute atomic E-state index is 7.22. The van der Waals surface area contributed by atoms with E-state index in [1.807, 2.05) is 0 Å². The Balaban J connectivity index is 1.17. The highest BCUT2D eigenvalue weighted by Gasteiger charge is 2.54. The Morgan fingerprint density at radius 1 is 0.464 bits per heavy atom. The molecule has 0 fully saturated rings. The van der Waals surface area contributed by atoms with Crippen LogP contribution in [0.5, 0.6) is 0 Å². The fraction of sp³-hybridized carbons (Fsp3) is 0.0476. The number of benzene rings is 10. The van der Waals surface area contributed by atoms with Crippen LogP contribution >= 0.6 is 0 Å². The number of para-hydroxylation sites is 3. The number of furan rings is 2. The van der Waals surface area contributed by atoms with Crippen molar-refractivity contribution < 1.29 is 8.83 Å². The van der Waals surface area contributed by atoms with Gasteiger partial charge in [0.25, 0.3) is 6.71 Å². The van der Waals surface area contributed by atoms with E-state index in [9.17, 15) is 0 Å². The van der Waals surface area contributed by atoms with E-state index in [1.54, 1.807) is 0 Å². The molecule has 12 aromatic rings. The standard InChI is InChI=1S/C63H40BN3O2/c1-63(33-17-23-40-21-9-13-29-47(40)63)67-52-35-41(38-18-4-2-5-19-38)34-49-57(52)64-58-51(37-55-56(60(58)67)45-28-12-15-32-54(45)68-55)65(42-24-6-3-7-25-42)61-59(64)50(36-46-44-27-11-14-31-53(44)69-62(46)61)66(49)48-30-16-22-39-20-8-10-26-43(39)48/h2-32,34-37H,33H2,1H3. The molecule has 1 aliphatic carbocycles. The molecule has 5 nitrogen and oxygen atoms in total. The molecule has 0 amide bonds. The Labute approximate surface area is 398 Å². The van der Waals surface area contributed by atoms with Gasteiger partial charge in [-0.05, 0) is 106 Å². The largest absolute Gasteiger partial charge is 0.456 e. The van der Waals surface area contributed by atoms with Gasteiger partial charge in [0.1, 0.15) is 16.7 Å². The van der Waals surface area contributed by atoms with Crippen molar-refractivity contribution in [2.75, 3.05) is 14.7 Å². The van der Waals surface area contributed by atoms with E-state index in [0.717, 1.165) is 84.3 Å². The van der Waals surface area contributed by atoms with Crippen molar-refractivity contribution in [2.24, 2.45) is 0 Å². The summed E-state index contributed by atoms with van der Waals surface area (Å²) in [7, 11) is 0. The molecule has 69 heavy (non-hydrogen) atoms. The summed E-state index contributed by atoms with van der Waals surface area (Å²) in [6, 6.07) is 73.3. The zero-order valence-electron chi connectivity index (χ0n) is 37.6. The van der Waals surface area contributed by atoms with E-state index in [-0.39, 0.29) is 6.71 Å². The summed E-state index contributed by atoms with van der Waals surface area (Å²) in [4.78, 5) is 7.85. The number of nitrogens with zero attached hydrogens (tertiary/aromatic N) is 3. The third-order valence-electron chi connectivity index (χ3n) is 15.7. The number of hydrogen-bond donors (Lipinski definition) is 0. The van der Waals surface area contributed by atoms with E-state index in [0.29, 0.717) is 0 Å². The van der Waals surface area contributed by atoms with Crippen LogP contribution in [0.2, 0.25) is 0 Å². The second-order valence-electron chi connectivity index (χ2n) is 19.3. The van der Waals surface area contributed by atoms with Crippen LogP contribution in [0.3, 0.4) is 0 Å². The molecule has 0 radical (unpaired) electrons. The van der Waals surface area contributed by atoms with Gasteiger partial charge in [0.15, 0.2) is 5.58 Å². The zero-order chi connectivity index (χ0) is 45.1. The summed E-state index contributed by atoms with van der Waals surface area (Å²) in [6.07, 6.45) is 5.49. The van der Waals surface area contributed by atoms with E-state index < -0.39 is 5.54 Å². The van der Waals surface area contributed by atoms with E-state index in [1.165, 1.54) is 60.9 Å². The molecule has 322 valence electrons. The second-order valence-corrected chi connectivity index (χ2v) is 19.3. The quantitative estimate of drug-likeness (QED) is 0.165. The molecule has 0 N–H and O–H groups in total. The highest BCUT2D eigenvalue weighted by atomic mass is 16.3. The van der Waals surface area contributed by atoms with Gasteiger partial charge in [-0.1, -0.05) is 158 Å². The third kappa shape index (κ3) is 4.85. The predicted octanol–water partition coefficient (Wildman–Crippen LogP) is 15.2. The van der Waals surface area contributed by atoms with Crippen molar-refractivity contribution >= 4 is 129 Å². The van der Waals surface area contributed by atoms with Crippen molar-refractivity contribution in [1.29, 1.82) is 0 Å².